The topological polar surface area (TPSA) is 38.7 Å². The van der Waals surface area contributed by atoms with E-state index in [1.807, 2.05) is 13.0 Å². The lowest BCUT2D eigenvalue weighted by molar-refractivity contribution is -0.129. The molecule has 0 radical (unpaired) electrons. The highest BCUT2D eigenvalue weighted by atomic mass is 35.5. The molecule has 3 nitrogen and oxygen atoms in total. The van der Waals surface area contributed by atoms with Crippen molar-refractivity contribution in [2.45, 2.75) is 6.92 Å². The first-order valence-corrected chi connectivity index (χ1v) is 7.81. The Morgan fingerprint density at radius 3 is 2.52 bits per heavy atom. The van der Waals surface area contributed by atoms with Gasteiger partial charge in [0.15, 0.2) is 5.70 Å². The molecule has 0 atom stereocenters. The van der Waals surface area contributed by atoms with Gasteiger partial charge in [-0.1, -0.05) is 46.9 Å². The van der Waals surface area contributed by atoms with Crippen LogP contribution in [0.5, 0.6) is 0 Å². The van der Waals surface area contributed by atoms with Crippen LogP contribution in [0.1, 0.15) is 16.7 Å². The summed E-state index contributed by atoms with van der Waals surface area (Å²) in [7, 11) is 0. The summed E-state index contributed by atoms with van der Waals surface area (Å²) in [5.41, 5.74) is 2.37. The van der Waals surface area contributed by atoms with Crippen molar-refractivity contribution in [3.05, 3.63) is 73.9 Å². The zero-order chi connectivity index (χ0) is 16.6. The van der Waals surface area contributed by atoms with Crippen LogP contribution in [0.4, 0.5) is 0 Å². The van der Waals surface area contributed by atoms with E-state index in [9.17, 15) is 4.79 Å². The second-order valence-corrected chi connectivity index (χ2v) is 6.22. The summed E-state index contributed by atoms with van der Waals surface area (Å²) >= 11 is 18.0. The molecule has 1 aliphatic rings. The minimum atomic E-state index is -0.539. The summed E-state index contributed by atoms with van der Waals surface area (Å²) in [5.74, 6) is -0.323. The standard InChI is InChI=1S/C17H10Cl3NO2/c1-9-2-3-11(6-13(9)19)16-21-15(17(22)23-16)7-10-4-5-12(18)8-14(10)20/h2-8H,1H3/b15-7-. The first-order valence-electron chi connectivity index (χ1n) is 6.68. The molecule has 0 saturated heterocycles. The van der Waals surface area contributed by atoms with Gasteiger partial charge in [-0.15, -0.1) is 0 Å². The van der Waals surface area contributed by atoms with Gasteiger partial charge in [0.1, 0.15) is 0 Å². The number of cyclic esters (lactones) is 1. The maximum atomic E-state index is 12.0. The number of carbonyl (C=O) groups is 1. The molecule has 0 saturated carbocycles. The van der Waals surface area contributed by atoms with E-state index in [2.05, 4.69) is 4.99 Å². The van der Waals surface area contributed by atoms with Gasteiger partial charge in [0.05, 0.1) is 0 Å². The first kappa shape index (κ1) is 16.1. The monoisotopic (exact) mass is 365 g/mol. The second-order valence-electron chi connectivity index (χ2n) is 4.97. The van der Waals surface area contributed by atoms with Crippen LogP contribution in [0.15, 0.2) is 47.1 Å². The van der Waals surface area contributed by atoms with Gasteiger partial charge in [0, 0.05) is 20.6 Å². The third kappa shape index (κ3) is 3.42. The summed E-state index contributed by atoms with van der Waals surface area (Å²) in [5, 5.41) is 1.53. The number of nitrogens with zero attached hydrogens (tertiary/aromatic N) is 1. The SMILES string of the molecule is Cc1ccc(C2=N/C(=C\c3ccc(Cl)cc3Cl)C(=O)O2)cc1Cl. The van der Waals surface area contributed by atoms with E-state index in [0.29, 0.717) is 26.2 Å². The Morgan fingerprint density at radius 2 is 1.83 bits per heavy atom. The maximum Gasteiger partial charge on any atom is 0.363 e. The van der Waals surface area contributed by atoms with Gasteiger partial charge >= 0.3 is 5.97 Å². The molecule has 0 aromatic heterocycles. The lowest BCUT2D eigenvalue weighted by atomic mass is 10.1. The van der Waals surface area contributed by atoms with Crippen molar-refractivity contribution < 1.29 is 9.53 Å². The molecule has 0 spiro atoms. The summed E-state index contributed by atoms with van der Waals surface area (Å²) in [4.78, 5) is 16.2. The number of esters is 1. The van der Waals surface area contributed by atoms with Gasteiger partial charge in [0.25, 0.3) is 0 Å². The molecule has 23 heavy (non-hydrogen) atoms. The predicted molar refractivity (Wildman–Crippen MR) is 93.3 cm³/mol. The molecule has 116 valence electrons. The predicted octanol–water partition coefficient (Wildman–Crippen LogP) is 5.30. The van der Waals surface area contributed by atoms with Crippen molar-refractivity contribution in [3.63, 3.8) is 0 Å². The Bertz CT molecular complexity index is 872. The maximum absolute atomic E-state index is 12.0. The third-order valence-corrected chi connectivity index (χ3v) is 4.26. The van der Waals surface area contributed by atoms with Crippen LogP contribution >= 0.6 is 34.8 Å². The Kier molecular flexibility index (Phi) is 4.44. The van der Waals surface area contributed by atoms with Crippen molar-refractivity contribution in [1.82, 2.24) is 0 Å². The minimum absolute atomic E-state index is 0.168. The first-order chi connectivity index (χ1) is 10.9. The van der Waals surface area contributed by atoms with Crippen LogP contribution in [-0.2, 0) is 9.53 Å². The van der Waals surface area contributed by atoms with E-state index in [4.69, 9.17) is 39.5 Å². The molecule has 0 N–H and O–H groups in total. The number of hydrogen-bond acceptors (Lipinski definition) is 3. The molecule has 0 unspecified atom stereocenters. The van der Waals surface area contributed by atoms with Crippen molar-refractivity contribution in [3.8, 4) is 0 Å². The molecule has 0 aliphatic carbocycles. The third-order valence-electron chi connectivity index (χ3n) is 3.29. The summed E-state index contributed by atoms with van der Waals surface area (Å²) in [6.07, 6.45) is 1.56. The summed E-state index contributed by atoms with van der Waals surface area (Å²) < 4.78 is 5.21. The fourth-order valence-electron chi connectivity index (χ4n) is 2.02. The van der Waals surface area contributed by atoms with Crippen molar-refractivity contribution in [1.29, 1.82) is 0 Å². The molecule has 2 aromatic carbocycles. The quantitative estimate of drug-likeness (QED) is 0.534. The van der Waals surface area contributed by atoms with E-state index in [1.54, 1.807) is 36.4 Å². The normalized spacial score (nSPS) is 15.7. The van der Waals surface area contributed by atoms with Gasteiger partial charge in [-0.2, -0.15) is 0 Å². The van der Waals surface area contributed by atoms with E-state index in [1.165, 1.54) is 0 Å². The molecule has 1 heterocycles. The molecular weight excluding hydrogens is 357 g/mol. The number of rotatable bonds is 2. The Labute approximate surface area is 148 Å². The number of carbonyl (C=O) groups excluding carboxylic acids is 1. The average Bonchev–Trinajstić information content (AvgIpc) is 2.86. The zero-order valence-corrected chi connectivity index (χ0v) is 14.2. The number of aryl methyl sites for hydroxylation is 1. The number of benzene rings is 2. The molecule has 2 aromatic rings. The number of ether oxygens (including phenoxy) is 1. The number of hydrogen-bond donors (Lipinski definition) is 0. The van der Waals surface area contributed by atoms with Crippen molar-refractivity contribution in [2.24, 2.45) is 4.99 Å². The number of halogens is 3. The van der Waals surface area contributed by atoms with Crippen LogP contribution in [0.25, 0.3) is 6.08 Å². The van der Waals surface area contributed by atoms with Crippen molar-refractivity contribution in [2.75, 3.05) is 0 Å². The summed E-state index contributed by atoms with van der Waals surface area (Å²) in [6, 6.07) is 10.3. The fourth-order valence-corrected chi connectivity index (χ4v) is 2.67. The van der Waals surface area contributed by atoms with Gasteiger partial charge in [-0.05, 0) is 48.4 Å². The number of aliphatic imine (C=N–C) groups is 1. The fraction of sp³-hybridized carbons (Fsp3) is 0.0588. The Hall–Kier alpha value is -1.81. The van der Waals surface area contributed by atoms with Crippen LogP contribution in [0, 0.1) is 6.92 Å². The van der Waals surface area contributed by atoms with E-state index < -0.39 is 5.97 Å². The molecule has 0 fully saturated rings. The van der Waals surface area contributed by atoms with E-state index in [0.717, 1.165) is 5.56 Å². The van der Waals surface area contributed by atoms with Crippen LogP contribution in [-0.4, -0.2) is 11.9 Å². The molecule has 0 amide bonds. The smallest absolute Gasteiger partial charge is 0.363 e. The van der Waals surface area contributed by atoms with Crippen LogP contribution in [0.3, 0.4) is 0 Å². The van der Waals surface area contributed by atoms with Gasteiger partial charge in [-0.3, -0.25) is 0 Å². The second kappa shape index (κ2) is 6.36. The van der Waals surface area contributed by atoms with Crippen LogP contribution in [0.2, 0.25) is 15.1 Å². The Balaban J connectivity index is 1.97. The van der Waals surface area contributed by atoms with Crippen LogP contribution < -0.4 is 0 Å². The molecular formula is C17H10Cl3NO2. The largest absolute Gasteiger partial charge is 0.402 e. The van der Waals surface area contributed by atoms with Gasteiger partial charge in [0.2, 0.25) is 5.90 Å². The van der Waals surface area contributed by atoms with Crippen molar-refractivity contribution >= 4 is 52.7 Å². The molecule has 6 heteroatoms. The molecule has 3 rings (SSSR count). The van der Waals surface area contributed by atoms with Gasteiger partial charge in [-0.25, -0.2) is 9.79 Å². The zero-order valence-electron chi connectivity index (χ0n) is 11.9. The van der Waals surface area contributed by atoms with E-state index >= 15 is 0 Å². The highest BCUT2D eigenvalue weighted by Crippen LogP contribution is 2.26. The molecule has 1 aliphatic heterocycles. The average molecular weight is 367 g/mol. The lowest BCUT2D eigenvalue weighted by Gasteiger charge is -2.02. The highest BCUT2D eigenvalue weighted by Gasteiger charge is 2.24. The molecule has 0 bridgehead atoms. The van der Waals surface area contributed by atoms with E-state index in [-0.39, 0.29) is 11.6 Å². The van der Waals surface area contributed by atoms with Gasteiger partial charge < -0.3 is 4.74 Å². The summed E-state index contributed by atoms with van der Waals surface area (Å²) in [6.45, 7) is 1.89. The Morgan fingerprint density at radius 1 is 1.04 bits per heavy atom. The highest BCUT2D eigenvalue weighted by molar-refractivity contribution is 6.35. The minimum Gasteiger partial charge on any atom is -0.402 e. The lowest BCUT2D eigenvalue weighted by Crippen LogP contribution is -2.05.